The number of nitrogens with two attached hydrogens (primary N) is 1. The average Bonchev–Trinajstić information content (AvgIpc) is 2.36. The van der Waals surface area contributed by atoms with Crippen LogP contribution in [-0.2, 0) is 9.59 Å². The lowest BCUT2D eigenvalue weighted by Crippen LogP contribution is -2.36. The Bertz CT molecular complexity index is 534. The van der Waals surface area contributed by atoms with Crippen molar-refractivity contribution in [3.05, 3.63) is 29.3 Å². The third-order valence-electron chi connectivity index (χ3n) is 2.65. The molecule has 0 fully saturated rings. The summed E-state index contributed by atoms with van der Waals surface area (Å²) in [6, 6.07) is 6.18. The highest BCUT2D eigenvalue weighted by Crippen LogP contribution is 2.18. The number of nitriles is 1. The molecule has 0 saturated heterocycles. The van der Waals surface area contributed by atoms with Gasteiger partial charge in [-0.25, -0.2) is 0 Å². The number of hydrogen-bond acceptors (Lipinski definition) is 4. The number of anilines is 1. The smallest absolute Gasteiger partial charge is 0.303 e. The van der Waals surface area contributed by atoms with E-state index >= 15 is 0 Å². The second kappa shape index (κ2) is 6.52. The molecular weight excluding hydrogens is 246 g/mol. The van der Waals surface area contributed by atoms with E-state index in [1.165, 1.54) is 0 Å². The van der Waals surface area contributed by atoms with E-state index < -0.39 is 17.9 Å². The van der Waals surface area contributed by atoms with Crippen LogP contribution in [-0.4, -0.2) is 23.0 Å². The highest BCUT2D eigenvalue weighted by molar-refractivity contribution is 5.96. The standard InChI is InChI=1S/C13H15N3O3/c1-8-3-2-4-11(9(8)7-14)16-13(19)10(15)5-6-12(17)18/h2-4,10H,5-6,15H2,1H3,(H,16,19)(H,17,18). The number of nitrogens with one attached hydrogen (secondary N) is 1. The van der Waals surface area contributed by atoms with Gasteiger partial charge >= 0.3 is 5.97 Å². The summed E-state index contributed by atoms with van der Waals surface area (Å²) in [4.78, 5) is 22.2. The van der Waals surface area contributed by atoms with Crippen molar-refractivity contribution < 1.29 is 14.7 Å². The van der Waals surface area contributed by atoms with Gasteiger partial charge in [0.05, 0.1) is 17.3 Å². The van der Waals surface area contributed by atoms with E-state index in [0.717, 1.165) is 5.56 Å². The van der Waals surface area contributed by atoms with Crippen molar-refractivity contribution in [1.29, 1.82) is 5.26 Å². The molecule has 6 heteroatoms. The van der Waals surface area contributed by atoms with Crippen molar-refractivity contribution in [2.45, 2.75) is 25.8 Å². The number of carbonyl (C=O) groups is 2. The monoisotopic (exact) mass is 261 g/mol. The molecule has 1 atom stereocenters. The molecule has 6 nitrogen and oxygen atoms in total. The minimum atomic E-state index is -1.00. The summed E-state index contributed by atoms with van der Waals surface area (Å²) in [5.41, 5.74) is 7.10. The van der Waals surface area contributed by atoms with Crippen LogP contribution in [0.1, 0.15) is 24.0 Å². The summed E-state index contributed by atoms with van der Waals surface area (Å²) in [6.07, 6.45) is -0.123. The van der Waals surface area contributed by atoms with Gasteiger partial charge in [0.2, 0.25) is 5.91 Å². The molecule has 0 saturated carbocycles. The number of benzene rings is 1. The summed E-state index contributed by atoms with van der Waals surface area (Å²) >= 11 is 0. The maximum atomic E-state index is 11.8. The molecule has 1 rings (SSSR count). The first-order chi connectivity index (χ1) is 8.95. The van der Waals surface area contributed by atoms with E-state index in [2.05, 4.69) is 5.32 Å². The number of aliphatic carboxylic acids is 1. The number of hydrogen-bond donors (Lipinski definition) is 3. The van der Waals surface area contributed by atoms with Gasteiger partial charge in [-0.15, -0.1) is 0 Å². The summed E-state index contributed by atoms with van der Waals surface area (Å²) in [5, 5.41) is 20.1. The van der Waals surface area contributed by atoms with Crippen molar-refractivity contribution in [3.8, 4) is 6.07 Å². The minimum Gasteiger partial charge on any atom is -0.481 e. The Morgan fingerprint density at radius 3 is 2.79 bits per heavy atom. The first-order valence-corrected chi connectivity index (χ1v) is 5.73. The average molecular weight is 261 g/mol. The molecule has 1 aromatic carbocycles. The van der Waals surface area contributed by atoms with Crippen LogP contribution < -0.4 is 11.1 Å². The van der Waals surface area contributed by atoms with Crippen molar-refractivity contribution >= 4 is 17.6 Å². The van der Waals surface area contributed by atoms with Crippen molar-refractivity contribution in [3.63, 3.8) is 0 Å². The molecule has 0 bridgehead atoms. The van der Waals surface area contributed by atoms with Crippen LogP contribution in [0.15, 0.2) is 18.2 Å². The lowest BCUT2D eigenvalue weighted by Gasteiger charge is -2.13. The maximum Gasteiger partial charge on any atom is 0.303 e. The molecule has 0 aliphatic carbocycles. The van der Waals surface area contributed by atoms with Gasteiger partial charge in [-0.2, -0.15) is 5.26 Å². The van der Waals surface area contributed by atoms with Gasteiger partial charge < -0.3 is 16.2 Å². The van der Waals surface area contributed by atoms with Gasteiger partial charge in [0, 0.05) is 6.42 Å². The van der Waals surface area contributed by atoms with Gasteiger partial charge in [-0.1, -0.05) is 12.1 Å². The van der Waals surface area contributed by atoms with E-state index in [0.29, 0.717) is 11.3 Å². The van der Waals surface area contributed by atoms with Gasteiger partial charge in [-0.3, -0.25) is 9.59 Å². The SMILES string of the molecule is Cc1cccc(NC(=O)C(N)CCC(=O)O)c1C#N. The number of nitrogens with zero attached hydrogens (tertiary/aromatic N) is 1. The molecule has 1 amide bonds. The molecule has 0 aromatic heterocycles. The summed E-state index contributed by atoms with van der Waals surface area (Å²) in [5.74, 6) is -1.50. The lowest BCUT2D eigenvalue weighted by atomic mass is 10.1. The van der Waals surface area contributed by atoms with Crippen LogP contribution in [0.25, 0.3) is 0 Å². The lowest BCUT2D eigenvalue weighted by molar-refractivity contribution is -0.137. The molecule has 0 radical (unpaired) electrons. The Labute approximate surface area is 110 Å². The zero-order chi connectivity index (χ0) is 14.4. The molecule has 1 unspecified atom stereocenters. The number of amides is 1. The first-order valence-electron chi connectivity index (χ1n) is 5.73. The molecular formula is C13H15N3O3. The zero-order valence-corrected chi connectivity index (χ0v) is 10.5. The minimum absolute atomic E-state index is 0.0505. The zero-order valence-electron chi connectivity index (χ0n) is 10.5. The summed E-state index contributed by atoms with van der Waals surface area (Å²) < 4.78 is 0. The van der Waals surface area contributed by atoms with E-state index in [9.17, 15) is 9.59 Å². The molecule has 0 aliphatic heterocycles. The predicted octanol–water partition coefficient (Wildman–Crippen LogP) is 0.997. The molecule has 100 valence electrons. The largest absolute Gasteiger partial charge is 0.481 e. The number of carboxylic acid groups (broad SMARTS) is 1. The van der Waals surface area contributed by atoms with E-state index in [-0.39, 0.29) is 12.8 Å². The van der Waals surface area contributed by atoms with Crippen LogP contribution >= 0.6 is 0 Å². The maximum absolute atomic E-state index is 11.8. The van der Waals surface area contributed by atoms with Crippen molar-refractivity contribution in [1.82, 2.24) is 0 Å². The molecule has 19 heavy (non-hydrogen) atoms. The Morgan fingerprint density at radius 1 is 1.53 bits per heavy atom. The van der Waals surface area contributed by atoms with Crippen LogP contribution in [0, 0.1) is 18.3 Å². The molecule has 0 aliphatic rings. The van der Waals surface area contributed by atoms with Gasteiger partial charge in [0.25, 0.3) is 0 Å². The molecule has 1 aromatic rings. The highest BCUT2D eigenvalue weighted by atomic mass is 16.4. The Balaban J connectivity index is 2.75. The van der Waals surface area contributed by atoms with Gasteiger partial charge in [-0.05, 0) is 25.0 Å². The Hall–Kier alpha value is -2.39. The van der Waals surface area contributed by atoms with Crippen LogP contribution in [0.5, 0.6) is 0 Å². The number of rotatable bonds is 5. The van der Waals surface area contributed by atoms with Gasteiger partial charge in [0.15, 0.2) is 0 Å². The molecule has 0 spiro atoms. The summed E-state index contributed by atoms with van der Waals surface area (Å²) in [6.45, 7) is 1.76. The van der Waals surface area contributed by atoms with Crippen molar-refractivity contribution in [2.75, 3.05) is 5.32 Å². The molecule has 4 N–H and O–H groups in total. The van der Waals surface area contributed by atoms with E-state index in [1.807, 2.05) is 6.07 Å². The van der Waals surface area contributed by atoms with Gasteiger partial charge in [0.1, 0.15) is 6.07 Å². The fraction of sp³-hybridized carbons (Fsp3) is 0.308. The topological polar surface area (TPSA) is 116 Å². The first kappa shape index (κ1) is 14.7. The third-order valence-corrected chi connectivity index (χ3v) is 2.65. The Kier molecular flexibility index (Phi) is 5.03. The normalized spacial score (nSPS) is 11.4. The third kappa shape index (κ3) is 4.08. The van der Waals surface area contributed by atoms with Crippen LogP contribution in [0.2, 0.25) is 0 Å². The number of aryl methyl sites for hydroxylation is 1. The number of carbonyl (C=O) groups excluding carboxylic acids is 1. The second-order valence-corrected chi connectivity index (χ2v) is 4.14. The predicted molar refractivity (Wildman–Crippen MR) is 69.4 cm³/mol. The summed E-state index contributed by atoms with van der Waals surface area (Å²) in [7, 11) is 0. The van der Waals surface area contributed by atoms with Crippen LogP contribution in [0.4, 0.5) is 5.69 Å². The molecule has 0 heterocycles. The quantitative estimate of drug-likeness (QED) is 0.731. The second-order valence-electron chi connectivity index (χ2n) is 4.14. The van der Waals surface area contributed by atoms with E-state index in [4.69, 9.17) is 16.1 Å². The number of carboxylic acids is 1. The highest BCUT2D eigenvalue weighted by Gasteiger charge is 2.16. The fourth-order valence-corrected chi connectivity index (χ4v) is 1.56. The van der Waals surface area contributed by atoms with Crippen LogP contribution in [0.3, 0.4) is 0 Å². The van der Waals surface area contributed by atoms with Crippen molar-refractivity contribution in [2.24, 2.45) is 5.73 Å². The fourth-order valence-electron chi connectivity index (χ4n) is 1.56. The van der Waals surface area contributed by atoms with E-state index in [1.54, 1.807) is 25.1 Å². The Morgan fingerprint density at radius 2 is 2.21 bits per heavy atom.